The number of carbonyl (C=O) groups is 2. The second-order valence-corrected chi connectivity index (χ2v) is 6.38. The molecule has 1 aliphatic rings. The molecule has 1 aromatic rings. The standard InChI is InChI=1S/C18H26FN3O2/c1-4-5-10-21-11-12-22(13-16(21)23)18(24)17(20(2)3)14-8-6-7-9-15(14)19/h6-9,17H,4-5,10-13H2,1-3H3/t17-/m0/s1. The largest absolute Gasteiger partial charge is 0.339 e. The molecule has 0 unspecified atom stereocenters. The summed E-state index contributed by atoms with van der Waals surface area (Å²) in [6.07, 6.45) is 2.00. The van der Waals surface area contributed by atoms with Crippen molar-refractivity contribution in [2.45, 2.75) is 25.8 Å². The highest BCUT2D eigenvalue weighted by Gasteiger charge is 2.33. The minimum absolute atomic E-state index is 0.0333. The average Bonchev–Trinajstić information content (AvgIpc) is 2.55. The molecule has 1 aliphatic heterocycles. The van der Waals surface area contributed by atoms with E-state index in [4.69, 9.17) is 0 Å². The average molecular weight is 335 g/mol. The predicted octanol–water partition coefficient (Wildman–Crippen LogP) is 1.90. The van der Waals surface area contributed by atoms with Crippen LogP contribution in [0.3, 0.4) is 0 Å². The van der Waals surface area contributed by atoms with E-state index in [1.165, 1.54) is 6.07 Å². The third-order valence-electron chi connectivity index (χ3n) is 4.36. The first-order valence-corrected chi connectivity index (χ1v) is 8.43. The van der Waals surface area contributed by atoms with Crippen LogP contribution in [0.1, 0.15) is 31.4 Å². The zero-order valence-electron chi connectivity index (χ0n) is 14.7. The van der Waals surface area contributed by atoms with Gasteiger partial charge < -0.3 is 9.80 Å². The Labute approximate surface area is 143 Å². The highest BCUT2D eigenvalue weighted by molar-refractivity contribution is 5.89. The highest BCUT2D eigenvalue weighted by atomic mass is 19.1. The second-order valence-electron chi connectivity index (χ2n) is 6.38. The molecule has 0 saturated carbocycles. The number of hydrogen-bond acceptors (Lipinski definition) is 3. The Morgan fingerprint density at radius 2 is 2.00 bits per heavy atom. The van der Waals surface area contributed by atoms with Crippen molar-refractivity contribution in [1.82, 2.24) is 14.7 Å². The summed E-state index contributed by atoms with van der Waals surface area (Å²) in [6.45, 7) is 3.93. The zero-order chi connectivity index (χ0) is 17.7. The van der Waals surface area contributed by atoms with Crippen LogP contribution >= 0.6 is 0 Å². The van der Waals surface area contributed by atoms with Gasteiger partial charge in [-0.2, -0.15) is 0 Å². The number of hydrogen-bond donors (Lipinski definition) is 0. The molecule has 1 fully saturated rings. The summed E-state index contributed by atoms with van der Waals surface area (Å²) in [5, 5.41) is 0. The van der Waals surface area contributed by atoms with Crippen LogP contribution in [0.4, 0.5) is 4.39 Å². The maximum absolute atomic E-state index is 14.1. The highest BCUT2D eigenvalue weighted by Crippen LogP contribution is 2.24. The van der Waals surface area contributed by atoms with E-state index in [2.05, 4.69) is 6.92 Å². The first kappa shape index (κ1) is 18.4. The Kier molecular flexibility index (Phi) is 6.31. The first-order valence-electron chi connectivity index (χ1n) is 8.43. The topological polar surface area (TPSA) is 43.9 Å². The minimum atomic E-state index is -0.721. The van der Waals surface area contributed by atoms with Crippen molar-refractivity contribution in [2.24, 2.45) is 0 Å². The molecule has 132 valence electrons. The Bertz CT molecular complexity index is 591. The lowest BCUT2D eigenvalue weighted by Gasteiger charge is -2.37. The molecule has 0 spiro atoms. The van der Waals surface area contributed by atoms with Crippen molar-refractivity contribution in [1.29, 1.82) is 0 Å². The fourth-order valence-electron chi connectivity index (χ4n) is 2.98. The molecule has 1 atom stereocenters. The van der Waals surface area contributed by atoms with Crippen LogP contribution < -0.4 is 0 Å². The Hall–Kier alpha value is -1.95. The van der Waals surface area contributed by atoms with Gasteiger partial charge >= 0.3 is 0 Å². The predicted molar refractivity (Wildman–Crippen MR) is 90.9 cm³/mol. The lowest BCUT2D eigenvalue weighted by molar-refractivity contribution is -0.148. The Balaban J connectivity index is 2.12. The van der Waals surface area contributed by atoms with Gasteiger partial charge in [0.05, 0.1) is 6.54 Å². The van der Waals surface area contributed by atoms with Crippen LogP contribution in [0.15, 0.2) is 24.3 Å². The molecular weight excluding hydrogens is 309 g/mol. The van der Waals surface area contributed by atoms with Gasteiger partial charge in [-0.05, 0) is 26.6 Å². The van der Waals surface area contributed by atoms with Gasteiger partial charge in [0, 0.05) is 25.2 Å². The minimum Gasteiger partial charge on any atom is -0.339 e. The summed E-state index contributed by atoms with van der Waals surface area (Å²) >= 11 is 0. The van der Waals surface area contributed by atoms with E-state index in [-0.39, 0.29) is 18.4 Å². The molecule has 24 heavy (non-hydrogen) atoms. The van der Waals surface area contributed by atoms with E-state index in [1.807, 2.05) is 0 Å². The number of piperazine rings is 1. The van der Waals surface area contributed by atoms with Gasteiger partial charge in [0.15, 0.2) is 0 Å². The third kappa shape index (κ3) is 4.12. The van der Waals surface area contributed by atoms with Gasteiger partial charge in [-0.3, -0.25) is 14.5 Å². The van der Waals surface area contributed by atoms with E-state index >= 15 is 0 Å². The monoisotopic (exact) mass is 335 g/mol. The van der Waals surface area contributed by atoms with Crippen LogP contribution in [-0.4, -0.2) is 66.8 Å². The molecule has 5 nitrogen and oxygen atoms in total. The zero-order valence-corrected chi connectivity index (χ0v) is 14.7. The van der Waals surface area contributed by atoms with Crippen molar-refractivity contribution in [2.75, 3.05) is 40.3 Å². The molecule has 6 heteroatoms. The van der Waals surface area contributed by atoms with Crippen molar-refractivity contribution in [3.8, 4) is 0 Å². The normalized spacial score (nSPS) is 16.6. The summed E-state index contributed by atoms with van der Waals surface area (Å²) in [4.78, 5) is 30.2. The number of rotatable bonds is 6. The van der Waals surface area contributed by atoms with E-state index in [0.29, 0.717) is 18.7 Å². The number of likely N-dealkylation sites (N-methyl/N-ethyl adjacent to an activating group) is 1. The van der Waals surface area contributed by atoms with Crippen LogP contribution in [-0.2, 0) is 9.59 Å². The Morgan fingerprint density at radius 3 is 2.58 bits per heavy atom. The lowest BCUT2D eigenvalue weighted by atomic mass is 10.0. The molecule has 2 amide bonds. The van der Waals surface area contributed by atoms with Crippen LogP contribution in [0, 0.1) is 5.82 Å². The van der Waals surface area contributed by atoms with E-state index in [9.17, 15) is 14.0 Å². The fourth-order valence-corrected chi connectivity index (χ4v) is 2.98. The Morgan fingerprint density at radius 1 is 1.29 bits per heavy atom. The van der Waals surface area contributed by atoms with Gasteiger partial charge in [-0.15, -0.1) is 0 Å². The summed E-state index contributed by atoms with van der Waals surface area (Å²) in [5.41, 5.74) is 0.341. The molecule has 0 aromatic heterocycles. The molecule has 0 radical (unpaired) electrons. The second kappa shape index (κ2) is 8.24. The molecular formula is C18H26FN3O2. The quantitative estimate of drug-likeness (QED) is 0.797. The maximum Gasteiger partial charge on any atom is 0.245 e. The third-order valence-corrected chi connectivity index (χ3v) is 4.36. The number of amides is 2. The molecule has 0 bridgehead atoms. The van der Waals surface area contributed by atoms with E-state index in [1.54, 1.807) is 47.0 Å². The van der Waals surface area contributed by atoms with Gasteiger partial charge in [0.25, 0.3) is 0 Å². The van der Waals surface area contributed by atoms with Gasteiger partial charge in [0.2, 0.25) is 11.8 Å². The van der Waals surface area contributed by atoms with Crippen LogP contribution in [0.2, 0.25) is 0 Å². The van der Waals surface area contributed by atoms with Gasteiger partial charge in [-0.1, -0.05) is 31.5 Å². The maximum atomic E-state index is 14.1. The molecule has 1 heterocycles. The van der Waals surface area contributed by atoms with Crippen molar-refractivity contribution in [3.05, 3.63) is 35.6 Å². The van der Waals surface area contributed by atoms with Crippen molar-refractivity contribution < 1.29 is 14.0 Å². The number of unbranched alkanes of at least 4 members (excludes halogenated alkanes) is 1. The lowest BCUT2D eigenvalue weighted by Crippen LogP contribution is -2.54. The number of halogens is 1. The summed E-state index contributed by atoms with van der Waals surface area (Å²) in [5.74, 6) is -0.667. The molecule has 0 N–H and O–H groups in total. The van der Waals surface area contributed by atoms with Crippen LogP contribution in [0.25, 0.3) is 0 Å². The molecule has 2 rings (SSSR count). The smallest absolute Gasteiger partial charge is 0.245 e. The summed E-state index contributed by atoms with van der Waals surface area (Å²) < 4.78 is 14.1. The van der Waals surface area contributed by atoms with E-state index in [0.717, 1.165) is 19.4 Å². The number of nitrogens with zero attached hydrogens (tertiary/aromatic N) is 3. The van der Waals surface area contributed by atoms with Crippen LogP contribution in [0.5, 0.6) is 0 Å². The van der Waals surface area contributed by atoms with Gasteiger partial charge in [0.1, 0.15) is 11.9 Å². The van der Waals surface area contributed by atoms with E-state index < -0.39 is 11.9 Å². The number of carbonyl (C=O) groups excluding carboxylic acids is 2. The fraction of sp³-hybridized carbons (Fsp3) is 0.556. The summed E-state index contributed by atoms with van der Waals surface area (Å²) in [7, 11) is 3.49. The molecule has 1 saturated heterocycles. The van der Waals surface area contributed by atoms with Gasteiger partial charge in [-0.25, -0.2) is 4.39 Å². The SMILES string of the molecule is CCCCN1CCN(C(=O)[C@H](c2ccccc2F)N(C)C)CC1=O. The van der Waals surface area contributed by atoms with Crippen molar-refractivity contribution in [3.63, 3.8) is 0 Å². The molecule has 0 aliphatic carbocycles. The first-order chi connectivity index (χ1) is 11.5. The molecule has 1 aromatic carbocycles. The summed E-state index contributed by atoms with van der Waals surface area (Å²) in [6, 6.07) is 5.58. The van der Waals surface area contributed by atoms with Crippen molar-refractivity contribution >= 4 is 11.8 Å². The number of benzene rings is 1.